The van der Waals surface area contributed by atoms with Crippen LogP contribution in [0.4, 0.5) is 8.78 Å². The third-order valence-electron chi connectivity index (χ3n) is 2.81. The van der Waals surface area contributed by atoms with E-state index in [1.54, 1.807) is 6.07 Å². The van der Waals surface area contributed by atoms with Crippen molar-refractivity contribution in [3.8, 4) is 0 Å². The van der Waals surface area contributed by atoms with Gasteiger partial charge in [0.2, 0.25) is 0 Å². The van der Waals surface area contributed by atoms with Gasteiger partial charge >= 0.3 is 0 Å². The van der Waals surface area contributed by atoms with E-state index in [-0.39, 0.29) is 11.7 Å². The van der Waals surface area contributed by atoms with E-state index in [2.05, 4.69) is 0 Å². The second-order valence-corrected chi connectivity index (χ2v) is 4.42. The highest BCUT2D eigenvalue weighted by atomic mass is 35.5. The van der Waals surface area contributed by atoms with E-state index in [1.165, 1.54) is 12.1 Å². The van der Waals surface area contributed by atoms with Gasteiger partial charge in [0, 0.05) is 22.2 Å². The molecule has 4 heteroatoms. The van der Waals surface area contributed by atoms with E-state index in [0.29, 0.717) is 11.1 Å². The number of epoxide rings is 1. The third kappa shape index (κ3) is 2.00. The lowest BCUT2D eigenvalue weighted by Gasteiger charge is -2.00. The number of rotatable bonds is 2. The Morgan fingerprint density at radius 2 is 1.83 bits per heavy atom. The van der Waals surface area contributed by atoms with E-state index in [9.17, 15) is 8.78 Å². The van der Waals surface area contributed by atoms with Crippen molar-refractivity contribution in [1.82, 2.24) is 0 Å². The lowest BCUT2D eigenvalue weighted by Crippen LogP contribution is -1.92. The summed E-state index contributed by atoms with van der Waals surface area (Å²) in [6.45, 7) is 0. The fourth-order valence-corrected chi connectivity index (χ4v) is 2.11. The Hall–Kier alpha value is -1.45. The second kappa shape index (κ2) is 4.34. The van der Waals surface area contributed by atoms with Gasteiger partial charge in [0.15, 0.2) is 6.10 Å². The first kappa shape index (κ1) is 11.6. The highest BCUT2D eigenvalue weighted by Gasteiger charge is 2.45. The minimum absolute atomic E-state index is 0.279. The molecule has 0 aromatic heterocycles. The van der Waals surface area contributed by atoms with Crippen LogP contribution in [0.2, 0.25) is 5.02 Å². The molecule has 3 rings (SSSR count). The summed E-state index contributed by atoms with van der Waals surface area (Å²) < 4.78 is 31.7. The Morgan fingerprint density at radius 1 is 1.06 bits per heavy atom. The topological polar surface area (TPSA) is 12.5 Å². The zero-order valence-corrected chi connectivity index (χ0v) is 9.92. The van der Waals surface area contributed by atoms with Crippen molar-refractivity contribution in [2.24, 2.45) is 0 Å². The predicted molar refractivity (Wildman–Crippen MR) is 64.0 cm³/mol. The number of hydrogen-bond donors (Lipinski definition) is 0. The van der Waals surface area contributed by atoms with Crippen LogP contribution in [0.5, 0.6) is 0 Å². The molecule has 2 aromatic carbocycles. The molecule has 0 spiro atoms. The smallest absolute Gasteiger partial charge is 0.163 e. The maximum atomic E-state index is 13.6. The molecule has 91 valence electrons. The number of benzene rings is 2. The van der Waals surface area contributed by atoms with Crippen LogP contribution < -0.4 is 0 Å². The minimum Gasteiger partial charge on any atom is -0.352 e. The molecule has 1 aliphatic heterocycles. The van der Waals surface area contributed by atoms with Crippen molar-refractivity contribution < 1.29 is 13.5 Å². The first-order valence-electron chi connectivity index (χ1n) is 5.40. The summed E-state index contributed by atoms with van der Waals surface area (Å²) in [6, 6.07) is 10.6. The van der Waals surface area contributed by atoms with Gasteiger partial charge < -0.3 is 4.74 Å². The highest BCUT2D eigenvalue weighted by molar-refractivity contribution is 6.31. The van der Waals surface area contributed by atoms with E-state index < -0.39 is 11.6 Å². The Morgan fingerprint density at radius 3 is 2.56 bits per heavy atom. The molecular weight excluding hydrogens is 258 g/mol. The molecule has 0 bridgehead atoms. The quantitative estimate of drug-likeness (QED) is 0.739. The average molecular weight is 266 g/mol. The van der Waals surface area contributed by atoms with Crippen molar-refractivity contribution in [3.63, 3.8) is 0 Å². The van der Waals surface area contributed by atoms with Gasteiger partial charge in [-0.1, -0.05) is 35.9 Å². The summed E-state index contributed by atoms with van der Waals surface area (Å²) in [5.41, 5.74) is 1.07. The summed E-state index contributed by atoms with van der Waals surface area (Å²) in [5, 5.41) is 0.569. The molecule has 0 aliphatic carbocycles. The van der Waals surface area contributed by atoms with Gasteiger partial charge in [-0.2, -0.15) is 0 Å². The fourth-order valence-electron chi connectivity index (χ4n) is 1.88. The zero-order chi connectivity index (χ0) is 12.7. The second-order valence-electron chi connectivity index (χ2n) is 4.01. The molecule has 1 nitrogen and oxygen atoms in total. The van der Waals surface area contributed by atoms with Crippen molar-refractivity contribution in [2.45, 2.75) is 6.10 Å². The Balaban J connectivity index is 1.88. The zero-order valence-electron chi connectivity index (χ0n) is 9.16. The molecule has 2 aromatic rings. The Bertz CT molecular complexity index is 600. The number of hydrogen-bond acceptors (Lipinski definition) is 1. The lowest BCUT2D eigenvalue weighted by molar-refractivity contribution is 0.417. The maximum Gasteiger partial charge on any atom is 0.163 e. The normalized spacial score (nSPS) is 18.9. The van der Waals surface area contributed by atoms with Crippen LogP contribution in [0, 0.1) is 17.7 Å². The van der Waals surface area contributed by atoms with E-state index in [4.69, 9.17) is 16.3 Å². The highest BCUT2D eigenvalue weighted by Crippen LogP contribution is 2.52. The van der Waals surface area contributed by atoms with Gasteiger partial charge in [0.1, 0.15) is 17.7 Å². The summed E-state index contributed by atoms with van der Waals surface area (Å²) in [5.74, 6) is -1.23. The molecule has 1 heterocycles. The number of ether oxygens (including phenoxy) is 1. The van der Waals surface area contributed by atoms with Crippen molar-refractivity contribution in [1.29, 1.82) is 0 Å². The molecule has 1 atom stereocenters. The van der Waals surface area contributed by atoms with Gasteiger partial charge in [-0.15, -0.1) is 0 Å². The van der Waals surface area contributed by atoms with Crippen LogP contribution in [-0.4, -0.2) is 0 Å². The maximum absolute atomic E-state index is 13.6. The van der Waals surface area contributed by atoms with E-state index in [1.807, 2.05) is 18.2 Å². The monoisotopic (exact) mass is 265 g/mol. The van der Waals surface area contributed by atoms with Crippen LogP contribution in [-0.2, 0) is 4.74 Å². The van der Waals surface area contributed by atoms with E-state index >= 15 is 0 Å². The van der Waals surface area contributed by atoms with Crippen LogP contribution >= 0.6 is 11.6 Å². The molecule has 0 amide bonds. The predicted octanol–water partition coefficient (Wildman–Crippen LogP) is 4.27. The largest absolute Gasteiger partial charge is 0.352 e. The molecule has 1 radical (unpaired) electrons. The molecule has 0 unspecified atom stereocenters. The standard InChI is InChI=1S/C14H8ClF2O/c15-11-4-2-1-3-9(11)13-14(18-13)10-6-5-8(16)7-12(10)17/h1-7,13H/t13-/m0/s1. The van der Waals surface area contributed by atoms with Crippen LogP contribution in [0.1, 0.15) is 17.2 Å². The first-order valence-corrected chi connectivity index (χ1v) is 5.78. The molecular formula is C14H8ClF2O. The first-order chi connectivity index (χ1) is 8.66. The average Bonchev–Trinajstić information content (AvgIpc) is 3.09. The molecule has 0 saturated carbocycles. The Kier molecular flexibility index (Phi) is 2.80. The SMILES string of the molecule is Fc1ccc([C]2O[C@H]2c2ccccc2Cl)c(F)c1. The van der Waals surface area contributed by atoms with Crippen molar-refractivity contribution in [3.05, 3.63) is 76.4 Å². The number of halogens is 3. The van der Waals surface area contributed by atoms with Crippen LogP contribution in [0.25, 0.3) is 0 Å². The van der Waals surface area contributed by atoms with Crippen LogP contribution in [0.15, 0.2) is 42.5 Å². The summed E-state index contributed by atoms with van der Waals surface area (Å²) in [4.78, 5) is 0. The summed E-state index contributed by atoms with van der Waals surface area (Å²) in [7, 11) is 0. The van der Waals surface area contributed by atoms with Crippen molar-refractivity contribution >= 4 is 11.6 Å². The summed E-state index contributed by atoms with van der Waals surface area (Å²) >= 11 is 6.03. The van der Waals surface area contributed by atoms with Gasteiger partial charge in [0.05, 0.1) is 0 Å². The molecule has 1 fully saturated rings. The van der Waals surface area contributed by atoms with Gasteiger partial charge in [-0.05, 0) is 12.1 Å². The third-order valence-corrected chi connectivity index (χ3v) is 3.15. The molecule has 1 aliphatic rings. The summed E-state index contributed by atoms with van der Waals surface area (Å²) in [6.07, 6.45) is 0.152. The van der Waals surface area contributed by atoms with Gasteiger partial charge in [-0.25, -0.2) is 8.78 Å². The van der Waals surface area contributed by atoms with Crippen molar-refractivity contribution in [2.75, 3.05) is 0 Å². The lowest BCUT2D eigenvalue weighted by atomic mass is 10.0. The minimum atomic E-state index is -0.625. The Labute approximate surface area is 108 Å². The molecule has 0 N–H and O–H groups in total. The fraction of sp³-hybridized carbons (Fsp3) is 0.0714. The van der Waals surface area contributed by atoms with Gasteiger partial charge in [0.25, 0.3) is 0 Å². The molecule has 1 saturated heterocycles. The van der Waals surface area contributed by atoms with Crippen LogP contribution in [0.3, 0.4) is 0 Å². The molecule has 18 heavy (non-hydrogen) atoms. The van der Waals surface area contributed by atoms with Gasteiger partial charge in [-0.3, -0.25) is 0 Å². The van der Waals surface area contributed by atoms with E-state index in [0.717, 1.165) is 11.6 Å².